The van der Waals surface area contributed by atoms with Crippen molar-refractivity contribution in [1.29, 1.82) is 0 Å². The minimum Gasteiger partial charge on any atom is -0.467 e. The lowest BCUT2D eigenvalue weighted by Crippen LogP contribution is -2.58. The second kappa shape index (κ2) is 12.0. The van der Waals surface area contributed by atoms with Crippen molar-refractivity contribution in [3.05, 3.63) is 144 Å². The van der Waals surface area contributed by atoms with Crippen LogP contribution in [-0.2, 0) is 26.3 Å². The Morgan fingerprint density at radius 3 is 1.98 bits per heavy atom. The van der Waals surface area contributed by atoms with Crippen LogP contribution >= 0.6 is 0 Å². The summed E-state index contributed by atoms with van der Waals surface area (Å²) in [6, 6.07) is 37.7. The van der Waals surface area contributed by atoms with Gasteiger partial charge in [-0.2, -0.15) is 0 Å². The first-order chi connectivity index (χ1) is 20.6. The second-order valence-corrected chi connectivity index (χ2v) is 10.8. The first kappa shape index (κ1) is 27.5. The molecular weight excluding hydrogens is 522 g/mol. The lowest BCUT2D eigenvalue weighted by Gasteiger charge is -2.41. The van der Waals surface area contributed by atoms with Gasteiger partial charge in [-0.25, -0.2) is 4.79 Å². The first-order valence-corrected chi connectivity index (χ1v) is 14.5. The van der Waals surface area contributed by atoms with Crippen molar-refractivity contribution in [3.63, 3.8) is 0 Å². The van der Waals surface area contributed by atoms with Gasteiger partial charge in [0.05, 0.1) is 18.7 Å². The number of nitrogens with zero attached hydrogens (tertiary/aromatic N) is 1. The molecule has 6 heteroatoms. The zero-order chi connectivity index (χ0) is 28.9. The molecule has 2 heterocycles. The molecule has 6 rings (SSSR count). The highest BCUT2D eigenvalue weighted by atomic mass is 16.5. The minimum atomic E-state index is -0.850. The predicted molar refractivity (Wildman–Crippen MR) is 165 cm³/mol. The number of para-hydroxylation sites is 1. The molecule has 1 aliphatic rings. The maximum atomic E-state index is 14.7. The van der Waals surface area contributed by atoms with E-state index in [1.807, 2.05) is 79.0 Å². The maximum Gasteiger partial charge on any atom is 0.328 e. The number of likely N-dealkylation sites (tertiary alicyclic amines) is 1. The van der Waals surface area contributed by atoms with Crippen LogP contribution in [0.25, 0.3) is 10.9 Å². The molecule has 2 N–H and O–H groups in total. The van der Waals surface area contributed by atoms with Gasteiger partial charge in [-0.05, 0) is 47.6 Å². The van der Waals surface area contributed by atoms with Crippen LogP contribution in [0.5, 0.6) is 0 Å². The van der Waals surface area contributed by atoms with Crippen LogP contribution in [0.3, 0.4) is 0 Å². The molecule has 1 saturated heterocycles. The third kappa shape index (κ3) is 5.10. The Balaban J connectivity index is 1.52. The molecule has 2 atom stereocenters. The van der Waals surface area contributed by atoms with E-state index < -0.39 is 17.6 Å². The van der Waals surface area contributed by atoms with E-state index in [0.29, 0.717) is 19.4 Å². The van der Waals surface area contributed by atoms with Gasteiger partial charge in [0.25, 0.3) is 0 Å². The number of esters is 1. The van der Waals surface area contributed by atoms with E-state index in [-0.39, 0.29) is 11.9 Å². The number of ether oxygens (including phenoxy) is 1. The molecular formula is C36H35N3O3. The molecule has 0 bridgehead atoms. The largest absolute Gasteiger partial charge is 0.467 e. The highest BCUT2D eigenvalue weighted by molar-refractivity contribution is 5.90. The van der Waals surface area contributed by atoms with Crippen molar-refractivity contribution >= 4 is 22.8 Å². The highest BCUT2D eigenvalue weighted by Gasteiger charge is 2.43. The second-order valence-electron chi connectivity index (χ2n) is 10.8. The Labute approximate surface area is 246 Å². The number of benzene rings is 4. The third-order valence-corrected chi connectivity index (χ3v) is 8.42. The zero-order valence-electron chi connectivity index (χ0n) is 23.7. The Kier molecular flexibility index (Phi) is 7.89. The van der Waals surface area contributed by atoms with Crippen LogP contribution in [0.15, 0.2) is 121 Å². The third-order valence-electron chi connectivity index (χ3n) is 8.42. The summed E-state index contributed by atoms with van der Waals surface area (Å²) in [7, 11) is 1.39. The van der Waals surface area contributed by atoms with Crippen molar-refractivity contribution < 1.29 is 14.3 Å². The fourth-order valence-corrected chi connectivity index (χ4v) is 6.41. The van der Waals surface area contributed by atoms with Crippen LogP contribution in [0.2, 0.25) is 0 Å². The van der Waals surface area contributed by atoms with Crippen LogP contribution in [0.4, 0.5) is 0 Å². The number of hydrogen-bond acceptors (Lipinski definition) is 4. The Morgan fingerprint density at radius 1 is 0.857 bits per heavy atom. The number of methoxy groups -OCH3 is 1. The predicted octanol–water partition coefficient (Wildman–Crippen LogP) is 5.82. The monoisotopic (exact) mass is 557 g/mol. The Morgan fingerprint density at radius 2 is 1.40 bits per heavy atom. The van der Waals surface area contributed by atoms with Gasteiger partial charge in [-0.3, -0.25) is 10.1 Å². The highest BCUT2D eigenvalue weighted by Crippen LogP contribution is 2.38. The molecule has 1 fully saturated rings. The summed E-state index contributed by atoms with van der Waals surface area (Å²) in [6.07, 6.45) is 3.77. The fourth-order valence-electron chi connectivity index (χ4n) is 6.41. The van der Waals surface area contributed by atoms with Gasteiger partial charge in [0.1, 0.15) is 6.04 Å². The Bertz CT molecular complexity index is 1550. The van der Waals surface area contributed by atoms with E-state index in [1.54, 1.807) is 4.90 Å². The quantitative estimate of drug-likeness (QED) is 0.177. The Hall–Kier alpha value is -4.68. The summed E-state index contributed by atoms with van der Waals surface area (Å²) in [5.74, 6) is -0.479. The van der Waals surface area contributed by atoms with Crippen molar-refractivity contribution in [2.75, 3.05) is 13.7 Å². The number of nitrogens with one attached hydrogen (secondary N) is 2. The molecule has 0 spiro atoms. The summed E-state index contributed by atoms with van der Waals surface area (Å²) in [4.78, 5) is 32.5. The van der Waals surface area contributed by atoms with Gasteiger partial charge in [0.15, 0.2) is 0 Å². The molecule has 0 radical (unpaired) electrons. The number of carbonyl (C=O) groups excluding carboxylic acids is 2. The van der Waals surface area contributed by atoms with Crippen molar-refractivity contribution in [1.82, 2.24) is 15.2 Å². The van der Waals surface area contributed by atoms with Crippen LogP contribution in [0.1, 0.15) is 35.1 Å². The topological polar surface area (TPSA) is 74.4 Å². The molecule has 212 valence electrons. The average molecular weight is 558 g/mol. The maximum absolute atomic E-state index is 14.7. The van der Waals surface area contributed by atoms with E-state index in [2.05, 4.69) is 52.8 Å². The summed E-state index contributed by atoms with van der Waals surface area (Å²) in [5, 5.41) is 4.99. The van der Waals surface area contributed by atoms with E-state index >= 15 is 0 Å². The minimum absolute atomic E-state index is 0.111. The van der Waals surface area contributed by atoms with E-state index in [9.17, 15) is 9.59 Å². The molecule has 6 nitrogen and oxygen atoms in total. The zero-order valence-corrected chi connectivity index (χ0v) is 23.7. The summed E-state index contributed by atoms with van der Waals surface area (Å²) >= 11 is 0. The van der Waals surface area contributed by atoms with Crippen molar-refractivity contribution in [2.24, 2.45) is 0 Å². The molecule has 4 aromatic carbocycles. The average Bonchev–Trinajstić information content (AvgIpc) is 3.71. The molecule has 1 amide bonds. The van der Waals surface area contributed by atoms with E-state index in [0.717, 1.165) is 39.6 Å². The fraction of sp³-hybridized carbons (Fsp3) is 0.222. The van der Waals surface area contributed by atoms with Crippen LogP contribution < -0.4 is 5.32 Å². The molecule has 0 saturated carbocycles. The van der Waals surface area contributed by atoms with Gasteiger partial charge >= 0.3 is 5.97 Å². The summed E-state index contributed by atoms with van der Waals surface area (Å²) in [6.45, 7) is 0.514. The van der Waals surface area contributed by atoms with Gasteiger partial charge in [-0.1, -0.05) is 109 Å². The summed E-state index contributed by atoms with van der Waals surface area (Å²) in [5.41, 5.74) is 4.26. The van der Waals surface area contributed by atoms with Crippen LogP contribution in [-0.4, -0.2) is 47.5 Å². The van der Waals surface area contributed by atoms with E-state index in [1.165, 1.54) is 7.11 Å². The van der Waals surface area contributed by atoms with Gasteiger partial charge in [0.2, 0.25) is 5.91 Å². The number of aromatic nitrogens is 1. The smallest absolute Gasteiger partial charge is 0.328 e. The number of hydrogen-bond donors (Lipinski definition) is 2. The normalized spacial score (nSPS) is 15.9. The molecule has 0 unspecified atom stereocenters. The number of fused-ring (bicyclic) bond motifs is 1. The standard InChI is InChI=1S/C36H35N3O3/c1-42-35(41)33-22-13-23-39(33)34(40)32(24-26-25-37-31-21-12-11-20-30(26)31)38-36(27-14-5-2-6-15-27,28-16-7-3-8-17-28)29-18-9-4-10-19-29/h2-12,14-21,25,32-33,37-38H,13,22-24H2,1H3/t32-,33-/m0/s1. The lowest BCUT2D eigenvalue weighted by atomic mass is 9.76. The molecule has 42 heavy (non-hydrogen) atoms. The molecule has 1 aromatic heterocycles. The number of carbonyl (C=O) groups is 2. The van der Waals surface area contributed by atoms with Crippen LogP contribution in [0, 0.1) is 0 Å². The van der Waals surface area contributed by atoms with Gasteiger partial charge in [-0.15, -0.1) is 0 Å². The molecule has 1 aliphatic heterocycles. The number of H-pyrrole nitrogens is 1. The first-order valence-electron chi connectivity index (χ1n) is 14.5. The van der Waals surface area contributed by atoms with Crippen molar-refractivity contribution in [2.45, 2.75) is 36.9 Å². The SMILES string of the molecule is COC(=O)[C@@H]1CCCN1C(=O)[C@H](Cc1c[nH]c2ccccc12)NC(c1ccccc1)(c1ccccc1)c1ccccc1. The van der Waals surface area contributed by atoms with Gasteiger partial charge in [0, 0.05) is 23.6 Å². The molecule has 0 aliphatic carbocycles. The van der Waals surface area contributed by atoms with Crippen molar-refractivity contribution in [3.8, 4) is 0 Å². The van der Waals surface area contributed by atoms with E-state index in [4.69, 9.17) is 4.74 Å². The number of aromatic amines is 1. The van der Waals surface area contributed by atoms with Gasteiger partial charge < -0.3 is 14.6 Å². The molecule has 5 aromatic rings. The summed E-state index contributed by atoms with van der Waals surface area (Å²) < 4.78 is 5.11. The lowest BCUT2D eigenvalue weighted by molar-refractivity contribution is -0.151. The number of amides is 1. The number of rotatable bonds is 9.